The molecule has 1 heterocycles. The number of fused-ring (bicyclic) bond motifs is 1. The molecule has 0 radical (unpaired) electrons. The van der Waals surface area contributed by atoms with Crippen LogP contribution >= 0.6 is 0 Å². The normalized spacial score (nSPS) is 16.1. The summed E-state index contributed by atoms with van der Waals surface area (Å²) in [5, 5.41) is 1.20. The van der Waals surface area contributed by atoms with Gasteiger partial charge in [0.25, 0.3) is 5.91 Å². The predicted octanol–water partition coefficient (Wildman–Crippen LogP) is 4.37. The maximum Gasteiger partial charge on any atom is 0.270 e. The van der Waals surface area contributed by atoms with Crippen LogP contribution < -0.4 is 0 Å². The highest BCUT2D eigenvalue weighted by molar-refractivity contribution is 6.01. The number of rotatable bonds is 3. The van der Waals surface area contributed by atoms with Crippen LogP contribution in [0, 0.1) is 6.92 Å². The second-order valence-electron chi connectivity index (χ2n) is 6.44. The van der Waals surface area contributed by atoms with E-state index in [0.29, 0.717) is 6.04 Å². The second-order valence-corrected chi connectivity index (χ2v) is 6.44. The van der Waals surface area contributed by atoms with Gasteiger partial charge in [0.05, 0.1) is 0 Å². The van der Waals surface area contributed by atoms with Gasteiger partial charge in [-0.15, -0.1) is 0 Å². The van der Waals surface area contributed by atoms with Crippen molar-refractivity contribution in [3.63, 3.8) is 0 Å². The molecular weight excluding hydrogens is 272 g/mol. The molecule has 1 aliphatic carbocycles. The fourth-order valence-electron chi connectivity index (χ4n) is 3.88. The van der Waals surface area contributed by atoms with E-state index in [1.165, 1.54) is 30.2 Å². The van der Waals surface area contributed by atoms with Crippen LogP contribution in [0.2, 0.25) is 0 Å². The van der Waals surface area contributed by atoms with Crippen LogP contribution in [0.3, 0.4) is 0 Å². The first-order valence-corrected chi connectivity index (χ1v) is 8.50. The Kier molecular flexibility index (Phi) is 4.23. The monoisotopic (exact) mass is 298 g/mol. The first-order chi connectivity index (χ1) is 10.6. The van der Waals surface area contributed by atoms with Crippen molar-refractivity contribution in [1.82, 2.24) is 9.47 Å². The lowest BCUT2D eigenvalue weighted by molar-refractivity contribution is 0.0685. The summed E-state index contributed by atoms with van der Waals surface area (Å²) in [6.07, 6.45) is 6.10. The van der Waals surface area contributed by atoms with E-state index in [2.05, 4.69) is 36.6 Å². The maximum absolute atomic E-state index is 13.1. The molecule has 118 valence electrons. The molecule has 3 heteroatoms. The molecule has 0 saturated heterocycles. The lowest BCUT2D eigenvalue weighted by Crippen LogP contribution is -2.39. The summed E-state index contributed by atoms with van der Waals surface area (Å²) in [6, 6.07) is 8.74. The van der Waals surface area contributed by atoms with Crippen LogP contribution in [0.5, 0.6) is 0 Å². The van der Waals surface area contributed by atoms with Gasteiger partial charge in [0, 0.05) is 30.5 Å². The number of carbonyl (C=O) groups excluding carboxylic acids is 1. The fourth-order valence-corrected chi connectivity index (χ4v) is 3.88. The minimum atomic E-state index is 0.183. The Morgan fingerprint density at radius 1 is 1.23 bits per heavy atom. The van der Waals surface area contributed by atoms with Crippen LogP contribution in [0.4, 0.5) is 0 Å². The zero-order valence-electron chi connectivity index (χ0n) is 13.9. The number of amides is 1. The average molecular weight is 298 g/mol. The lowest BCUT2D eigenvalue weighted by Gasteiger charge is -2.31. The summed E-state index contributed by atoms with van der Waals surface area (Å²) in [4.78, 5) is 15.1. The highest BCUT2D eigenvalue weighted by atomic mass is 16.2. The van der Waals surface area contributed by atoms with Gasteiger partial charge in [0.1, 0.15) is 5.69 Å². The molecule has 0 aliphatic heterocycles. The molecule has 1 amide bonds. The van der Waals surface area contributed by atoms with Gasteiger partial charge >= 0.3 is 0 Å². The van der Waals surface area contributed by atoms with E-state index >= 15 is 0 Å². The van der Waals surface area contributed by atoms with Gasteiger partial charge < -0.3 is 9.47 Å². The zero-order chi connectivity index (χ0) is 15.7. The van der Waals surface area contributed by atoms with Gasteiger partial charge in [-0.05, 0) is 38.3 Å². The lowest BCUT2D eigenvalue weighted by atomic mass is 9.94. The molecule has 0 spiro atoms. The second kappa shape index (κ2) is 6.15. The van der Waals surface area contributed by atoms with E-state index in [1.807, 2.05) is 18.0 Å². The quantitative estimate of drug-likeness (QED) is 0.825. The highest BCUT2D eigenvalue weighted by Crippen LogP contribution is 2.28. The molecule has 1 aromatic heterocycles. The molecule has 1 aromatic carbocycles. The Morgan fingerprint density at radius 2 is 1.91 bits per heavy atom. The SMILES string of the molecule is CCn1c(C(=O)N(C)C2CCCCC2)c(C)c2ccccc21. The summed E-state index contributed by atoms with van der Waals surface area (Å²) < 4.78 is 2.17. The Morgan fingerprint density at radius 3 is 2.59 bits per heavy atom. The molecule has 1 saturated carbocycles. The summed E-state index contributed by atoms with van der Waals surface area (Å²) in [6.45, 7) is 5.02. The molecule has 0 bridgehead atoms. The van der Waals surface area contributed by atoms with Gasteiger partial charge in [-0.3, -0.25) is 4.79 Å². The zero-order valence-corrected chi connectivity index (χ0v) is 13.9. The van der Waals surface area contributed by atoms with Crippen LogP contribution in [0.15, 0.2) is 24.3 Å². The number of hydrogen-bond acceptors (Lipinski definition) is 1. The number of aromatic nitrogens is 1. The number of hydrogen-bond donors (Lipinski definition) is 0. The van der Waals surface area contributed by atoms with Crippen LogP contribution in [-0.2, 0) is 6.54 Å². The first kappa shape index (κ1) is 15.1. The molecule has 1 aliphatic rings. The third-order valence-electron chi connectivity index (χ3n) is 5.19. The van der Waals surface area contributed by atoms with Crippen LogP contribution in [0.25, 0.3) is 10.9 Å². The molecule has 0 N–H and O–H groups in total. The van der Waals surface area contributed by atoms with E-state index in [-0.39, 0.29) is 5.91 Å². The molecule has 1 fully saturated rings. The third-order valence-corrected chi connectivity index (χ3v) is 5.19. The van der Waals surface area contributed by atoms with Crippen molar-refractivity contribution in [2.75, 3.05) is 7.05 Å². The number of para-hydroxylation sites is 1. The number of aryl methyl sites for hydroxylation is 2. The molecular formula is C19H26N2O. The van der Waals surface area contributed by atoms with Crippen molar-refractivity contribution in [1.29, 1.82) is 0 Å². The highest BCUT2D eigenvalue weighted by Gasteiger charge is 2.27. The van der Waals surface area contributed by atoms with E-state index in [9.17, 15) is 4.79 Å². The van der Waals surface area contributed by atoms with Crippen LogP contribution in [0.1, 0.15) is 55.1 Å². The molecule has 0 unspecified atom stereocenters. The van der Waals surface area contributed by atoms with E-state index in [4.69, 9.17) is 0 Å². The first-order valence-electron chi connectivity index (χ1n) is 8.50. The molecule has 2 aromatic rings. The summed E-state index contributed by atoms with van der Waals surface area (Å²) in [5.41, 5.74) is 3.16. The van der Waals surface area contributed by atoms with Gasteiger partial charge in [-0.2, -0.15) is 0 Å². The number of nitrogens with zero attached hydrogens (tertiary/aromatic N) is 2. The van der Waals surface area contributed by atoms with Crippen molar-refractivity contribution >= 4 is 16.8 Å². The topological polar surface area (TPSA) is 25.2 Å². The van der Waals surface area contributed by atoms with Crippen molar-refractivity contribution in [2.24, 2.45) is 0 Å². The summed E-state index contributed by atoms with van der Waals surface area (Å²) in [5.74, 6) is 0.183. The molecule has 22 heavy (non-hydrogen) atoms. The average Bonchev–Trinajstić information content (AvgIpc) is 2.87. The largest absolute Gasteiger partial charge is 0.337 e. The minimum absolute atomic E-state index is 0.183. The predicted molar refractivity (Wildman–Crippen MR) is 91.3 cm³/mol. The number of benzene rings is 1. The molecule has 0 atom stereocenters. The Balaban J connectivity index is 2.01. The van der Waals surface area contributed by atoms with Crippen molar-refractivity contribution < 1.29 is 4.79 Å². The molecule has 3 nitrogen and oxygen atoms in total. The van der Waals surface area contributed by atoms with Gasteiger partial charge in [0.15, 0.2) is 0 Å². The standard InChI is InChI=1S/C19H26N2O/c1-4-21-17-13-9-8-12-16(17)14(2)18(21)19(22)20(3)15-10-6-5-7-11-15/h8-9,12-13,15H,4-7,10-11H2,1-3H3. The molecule has 3 rings (SSSR count). The van der Waals surface area contributed by atoms with E-state index < -0.39 is 0 Å². The van der Waals surface area contributed by atoms with Crippen molar-refractivity contribution in [3.8, 4) is 0 Å². The Labute approximate surface area is 132 Å². The van der Waals surface area contributed by atoms with Crippen molar-refractivity contribution in [2.45, 2.75) is 58.5 Å². The number of carbonyl (C=O) groups is 1. The summed E-state index contributed by atoms with van der Waals surface area (Å²) in [7, 11) is 1.98. The third kappa shape index (κ3) is 2.43. The Bertz CT molecular complexity index is 680. The maximum atomic E-state index is 13.1. The van der Waals surface area contributed by atoms with Gasteiger partial charge in [0.2, 0.25) is 0 Å². The Hall–Kier alpha value is -1.77. The van der Waals surface area contributed by atoms with Gasteiger partial charge in [-0.1, -0.05) is 37.5 Å². The fraction of sp³-hybridized carbons (Fsp3) is 0.526. The minimum Gasteiger partial charge on any atom is -0.337 e. The summed E-state index contributed by atoms with van der Waals surface area (Å²) >= 11 is 0. The van der Waals surface area contributed by atoms with Crippen molar-refractivity contribution in [3.05, 3.63) is 35.5 Å². The smallest absolute Gasteiger partial charge is 0.270 e. The van der Waals surface area contributed by atoms with Crippen LogP contribution in [-0.4, -0.2) is 28.5 Å². The van der Waals surface area contributed by atoms with E-state index in [1.54, 1.807) is 0 Å². The van der Waals surface area contributed by atoms with Gasteiger partial charge in [-0.25, -0.2) is 0 Å². The van der Waals surface area contributed by atoms with E-state index in [0.717, 1.165) is 30.6 Å².